The third-order valence-electron chi connectivity index (χ3n) is 3.45. The van der Waals surface area contributed by atoms with E-state index < -0.39 is 18.5 Å². The Bertz CT molecular complexity index is 714. The number of aromatic nitrogens is 1. The summed E-state index contributed by atoms with van der Waals surface area (Å²) in [5.41, 5.74) is -0.00902. The number of piperazine rings is 1. The monoisotopic (exact) mass is 357 g/mol. The van der Waals surface area contributed by atoms with Gasteiger partial charge in [-0.1, -0.05) is 11.6 Å². The number of anilines is 1. The summed E-state index contributed by atoms with van der Waals surface area (Å²) in [5.74, 6) is -0.821. The number of pyridine rings is 1. The highest BCUT2D eigenvalue weighted by Crippen LogP contribution is 2.25. The minimum Gasteiger partial charge on any atom is -0.444 e. The first-order valence-corrected chi connectivity index (χ1v) is 7.95. The maximum Gasteiger partial charge on any atom is 0.410 e. The number of nitrogens with one attached hydrogen (secondary N) is 1. The second-order valence-corrected chi connectivity index (χ2v) is 6.77. The van der Waals surface area contributed by atoms with Gasteiger partial charge in [0.05, 0.1) is 5.69 Å². The minimum atomic E-state index is -2.60. The molecule has 2 amide bonds. The van der Waals surface area contributed by atoms with Gasteiger partial charge in [-0.3, -0.25) is 4.79 Å². The Hall–Kier alpha value is -2.02. The predicted molar refractivity (Wildman–Crippen MR) is 92.7 cm³/mol. The average Bonchev–Trinajstić information content (AvgIpc) is 2.51. The fourth-order valence-corrected chi connectivity index (χ4v) is 2.58. The molecule has 2 rings (SSSR count). The number of rotatable bonds is 2. The summed E-state index contributed by atoms with van der Waals surface area (Å²) in [7, 11) is 0. The van der Waals surface area contributed by atoms with Crippen molar-refractivity contribution in [3.05, 3.63) is 23.0 Å². The van der Waals surface area contributed by atoms with Crippen LogP contribution in [0.2, 0.25) is 5.15 Å². The van der Waals surface area contributed by atoms with E-state index in [4.69, 9.17) is 20.5 Å². The van der Waals surface area contributed by atoms with Gasteiger partial charge >= 0.3 is 6.09 Å². The molecule has 0 aliphatic carbocycles. The molecule has 1 aromatic heterocycles. The number of halogens is 1. The molecule has 1 fully saturated rings. The van der Waals surface area contributed by atoms with E-state index in [9.17, 15) is 9.59 Å². The summed E-state index contributed by atoms with van der Waals surface area (Å²) in [6.07, 6.45) is -0.358. The molecule has 24 heavy (non-hydrogen) atoms. The first-order valence-electron chi connectivity index (χ1n) is 9.08. The molecule has 1 saturated heterocycles. The molecule has 0 radical (unpaired) electrons. The number of hydrogen-bond donors (Lipinski definition) is 1. The largest absolute Gasteiger partial charge is 0.444 e. The minimum absolute atomic E-state index is 0.0766. The van der Waals surface area contributed by atoms with E-state index in [0.29, 0.717) is 31.9 Å². The van der Waals surface area contributed by atoms with Crippen LogP contribution in [0.4, 0.5) is 10.5 Å². The molecule has 0 bridgehead atoms. The Kier molecular flexibility index (Phi) is 4.33. The summed E-state index contributed by atoms with van der Waals surface area (Å²) in [4.78, 5) is 31.5. The number of carbonyl (C=O) groups is 2. The zero-order valence-corrected chi connectivity index (χ0v) is 14.7. The lowest BCUT2D eigenvalue weighted by atomic mass is 10.2. The van der Waals surface area contributed by atoms with E-state index in [1.165, 1.54) is 6.07 Å². The van der Waals surface area contributed by atoms with Crippen molar-refractivity contribution in [2.75, 3.05) is 38.1 Å². The van der Waals surface area contributed by atoms with Crippen LogP contribution in [0.15, 0.2) is 12.1 Å². The van der Waals surface area contributed by atoms with Gasteiger partial charge in [-0.05, 0) is 32.9 Å². The molecule has 1 aliphatic rings. The zero-order valence-electron chi connectivity index (χ0n) is 16.9. The Labute approximate surface area is 151 Å². The highest BCUT2D eigenvalue weighted by Gasteiger charge is 2.27. The second-order valence-electron chi connectivity index (χ2n) is 6.41. The first kappa shape index (κ1) is 14.3. The van der Waals surface area contributed by atoms with Crippen LogP contribution >= 0.6 is 11.6 Å². The Morgan fingerprint density at radius 3 is 2.50 bits per heavy atom. The smallest absolute Gasteiger partial charge is 0.410 e. The molecular formula is C16H23ClN4O3. The van der Waals surface area contributed by atoms with Crippen LogP contribution in [0.1, 0.15) is 35.4 Å². The van der Waals surface area contributed by atoms with E-state index in [-0.39, 0.29) is 16.9 Å². The fraction of sp³-hybridized carbons (Fsp3) is 0.562. The third kappa shape index (κ3) is 4.50. The van der Waals surface area contributed by atoms with Crippen LogP contribution in [0, 0.1) is 0 Å². The lowest BCUT2D eigenvalue weighted by molar-refractivity contribution is 0.0240. The van der Waals surface area contributed by atoms with Crippen molar-refractivity contribution in [2.24, 2.45) is 0 Å². The first-order chi connectivity index (χ1) is 12.4. The van der Waals surface area contributed by atoms with Crippen LogP contribution in [-0.2, 0) is 4.74 Å². The summed E-state index contributed by atoms with van der Waals surface area (Å²) < 4.78 is 26.6. The van der Waals surface area contributed by atoms with Gasteiger partial charge in [-0.25, -0.2) is 9.78 Å². The van der Waals surface area contributed by atoms with E-state index in [0.717, 1.165) is 0 Å². The number of carbonyl (C=O) groups excluding carboxylic acids is 2. The molecule has 8 heteroatoms. The van der Waals surface area contributed by atoms with Gasteiger partial charge in [0.1, 0.15) is 11.3 Å². The summed E-state index contributed by atoms with van der Waals surface area (Å²) >= 11 is 6.19. The van der Waals surface area contributed by atoms with E-state index in [1.54, 1.807) is 11.0 Å². The molecule has 1 aromatic rings. The molecule has 0 spiro atoms. The van der Waals surface area contributed by atoms with E-state index in [1.807, 2.05) is 31.0 Å². The summed E-state index contributed by atoms with van der Waals surface area (Å²) in [6, 6.07) is 3.04. The molecule has 1 aliphatic heterocycles. The van der Waals surface area contributed by atoms with Crippen LogP contribution < -0.4 is 10.2 Å². The van der Waals surface area contributed by atoms with Crippen molar-refractivity contribution >= 4 is 29.3 Å². The quantitative estimate of drug-likeness (QED) is 0.821. The van der Waals surface area contributed by atoms with Crippen LogP contribution in [0.5, 0.6) is 0 Å². The second kappa shape index (κ2) is 7.25. The molecule has 2 heterocycles. The van der Waals surface area contributed by atoms with Crippen molar-refractivity contribution in [2.45, 2.75) is 26.4 Å². The predicted octanol–water partition coefficient (Wildman–Crippen LogP) is 2.15. The molecule has 0 saturated carbocycles. The number of ether oxygens (including phenoxy) is 1. The van der Waals surface area contributed by atoms with Gasteiger partial charge in [0.15, 0.2) is 5.15 Å². The van der Waals surface area contributed by atoms with Crippen molar-refractivity contribution in [1.82, 2.24) is 15.2 Å². The highest BCUT2D eigenvalue weighted by atomic mass is 35.5. The third-order valence-corrected chi connectivity index (χ3v) is 3.73. The molecule has 0 atom stereocenters. The maximum absolute atomic E-state index is 12.1. The van der Waals surface area contributed by atoms with Gasteiger partial charge in [0.25, 0.3) is 5.91 Å². The number of nitrogens with zero attached hydrogens (tertiary/aromatic N) is 3. The molecule has 1 N–H and O–H groups in total. The van der Waals surface area contributed by atoms with Gasteiger partial charge in [-0.2, -0.15) is 0 Å². The van der Waals surface area contributed by atoms with Crippen molar-refractivity contribution < 1.29 is 18.4 Å². The van der Waals surface area contributed by atoms with Crippen LogP contribution in [-0.4, -0.2) is 60.6 Å². The Morgan fingerprint density at radius 1 is 1.29 bits per heavy atom. The normalized spacial score (nSPS) is 17.6. The highest BCUT2D eigenvalue weighted by molar-refractivity contribution is 6.32. The Morgan fingerprint density at radius 2 is 1.96 bits per heavy atom. The van der Waals surface area contributed by atoms with Crippen molar-refractivity contribution in [1.29, 1.82) is 0 Å². The van der Waals surface area contributed by atoms with Gasteiger partial charge < -0.3 is 19.9 Å². The Balaban J connectivity index is 2.00. The molecule has 7 nitrogen and oxygen atoms in total. The lowest BCUT2D eigenvalue weighted by Gasteiger charge is -2.36. The average molecular weight is 358 g/mol. The molecule has 0 unspecified atom stereocenters. The van der Waals surface area contributed by atoms with Gasteiger partial charge in [-0.15, -0.1) is 0 Å². The SMILES string of the molecule is [2H]C([2H])([2H])NC(=O)c1ccc(N2CCN(C(=O)OC(C)(C)C)CC2)c(Cl)n1. The lowest BCUT2D eigenvalue weighted by Crippen LogP contribution is -2.50. The molecule has 132 valence electrons. The number of amides is 2. The number of hydrogen-bond acceptors (Lipinski definition) is 5. The van der Waals surface area contributed by atoms with E-state index >= 15 is 0 Å². The van der Waals surface area contributed by atoms with Crippen molar-refractivity contribution in [3.8, 4) is 0 Å². The maximum atomic E-state index is 12.1. The molecule has 0 aromatic carbocycles. The molecular weight excluding hydrogens is 332 g/mol. The topological polar surface area (TPSA) is 74.8 Å². The van der Waals surface area contributed by atoms with Gasteiger partial charge in [0, 0.05) is 37.3 Å². The van der Waals surface area contributed by atoms with Crippen LogP contribution in [0.3, 0.4) is 0 Å². The summed E-state index contributed by atoms with van der Waals surface area (Å²) in [6.45, 7) is 4.84. The van der Waals surface area contributed by atoms with Crippen LogP contribution in [0.25, 0.3) is 0 Å². The van der Waals surface area contributed by atoms with Gasteiger partial charge in [0.2, 0.25) is 0 Å². The fourth-order valence-electron chi connectivity index (χ4n) is 2.31. The summed E-state index contributed by atoms with van der Waals surface area (Å²) in [5, 5.41) is 1.96. The van der Waals surface area contributed by atoms with E-state index in [2.05, 4.69) is 4.98 Å². The van der Waals surface area contributed by atoms with Crippen molar-refractivity contribution in [3.63, 3.8) is 0 Å². The zero-order chi connectivity index (χ0) is 20.4. The standard InChI is InChI=1S/C16H23ClN4O3/c1-16(2,3)24-15(23)21-9-7-20(8-10-21)12-6-5-11(14(22)18-4)19-13(12)17/h5-6H,7-10H2,1-4H3,(H,18,22)/i4D3.